The van der Waals surface area contributed by atoms with Crippen LogP contribution in [0, 0.1) is 12.8 Å². The number of aromatic nitrogens is 4. The lowest BCUT2D eigenvalue weighted by atomic mass is 9.91. The first-order valence-electron chi connectivity index (χ1n) is 10.0. The van der Waals surface area contributed by atoms with Crippen molar-refractivity contribution in [3.8, 4) is 0 Å². The first-order chi connectivity index (χ1) is 14.3. The summed E-state index contributed by atoms with van der Waals surface area (Å²) in [5.74, 6) is 0.418. The molecule has 2 aromatic rings. The van der Waals surface area contributed by atoms with E-state index in [1.165, 1.54) is 16.8 Å². The van der Waals surface area contributed by atoms with E-state index in [2.05, 4.69) is 20.4 Å². The first-order valence-corrected chi connectivity index (χ1v) is 11.4. The van der Waals surface area contributed by atoms with E-state index in [0.717, 1.165) is 0 Å². The van der Waals surface area contributed by atoms with E-state index in [-0.39, 0.29) is 35.9 Å². The quantitative estimate of drug-likeness (QED) is 0.700. The van der Waals surface area contributed by atoms with Gasteiger partial charge in [-0.25, -0.2) is 13.4 Å². The van der Waals surface area contributed by atoms with Gasteiger partial charge in [0.25, 0.3) is 10.0 Å². The molecule has 0 saturated carbocycles. The van der Waals surface area contributed by atoms with Crippen molar-refractivity contribution in [2.45, 2.75) is 43.2 Å². The SMILES string of the molecule is Cc1noc([C@H]2CCN(S(=O)(=O)c3cn(C)cn3)C[C@H]2NC(=O)C2CCOCC2)n1. The number of hydrogen-bond acceptors (Lipinski definition) is 8. The summed E-state index contributed by atoms with van der Waals surface area (Å²) in [6.45, 7) is 3.21. The molecule has 0 aromatic carbocycles. The highest BCUT2D eigenvalue weighted by atomic mass is 32.2. The zero-order chi connectivity index (χ0) is 21.3. The number of sulfonamides is 1. The van der Waals surface area contributed by atoms with Gasteiger partial charge in [0.05, 0.1) is 18.3 Å². The van der Waals surface area contributed by atoms with Crippen molar-refractivity contribution >= 4 is 15.9 Å². The fourth-order valence-electron chi connectivity index (χ4n) is 3.96. The Balaban J connectivity index is 1.56. The molecule has 164 valence electrons. The van der Waals surface area contributed by atoms with E-state index in [1.54, 1.807) is 18.5 Å². The topological polar surface area (TPSA) is 132 Å². The lowest BCUT2D eigenvalue weighted by Gasteiger charge is -2.37. The van der Waals surface area contributed by atoms with Crippen molar-refractivity contribution in [1.29, 1.82) is 0 Å². The number of ether oxygens (including phenoxy) is 1. The lowest BCUT2D eigenvalue weighted by molar-refractivity contribution is -0.129. The third-order valence-electron chi connectivity index (χ3n) is 5.64. The number of rotatable bonds is 5. The van der Waals surface area contributed by atoms with Crippen LogP contribution in [0.1, 0.15) is 36.9 Å². The maximum absolute atomic E-state index is 13.1. The van der Waals surface area contributed by atoms with E-state index in [4.69, 9.17) is 9.26 Å². The Morgan fingerprint density at radius 1 is 1.27 bits per heavy atom. The van der Waals surface area contributed by atoms with Crippen molar-refractivity contribution in [1.82, 2.24) is 29.3 Å². The number of imidazole rings is 1. The predicted molar refractivity (Wildman–Crippen MR) is 104 cm³/mol. The highest BCUT2D eigenvalue weighted by Crippen LogP contribution is 2.30. The summed E-state index contributed by atoms with van der Waals surface area (Å²) in [6, 6.07) is -0.479. The van der Waals surface area contributed by atoms with Gasteiger partial charge < -0.3 is 19.1 Å². The molecule has 0 aliphatic carbocycles. The monoisotopic (exact) mass is 438 g/mol. The Bertz CT molecular complexity index is 996. The molecular weight excluding hydrogens is 412 g/mol. The standard InChI is InChI=1S/C18H26N6O5S/c1-12-20-18(29-22-12)14-3-6-24(30(26,27)16-10-23(2)11-19-16)9-15(14)21-17(25)13-4-7-28-8-5-13/h10-11,13-15H,3-9H2,1-2H3,(H,21,25)/t14-,15+/m0/s1. The minimum atomic E-state index is -3.77. The smallest absolute Gasteiger partial charge is 0.262 e. The van der Waals surface area contributed by atoms with Crippen LogP contribution in [-0.4, -0.2) is 70.7 Å². The van der Waals surface area contributed by atoms with Crippen LogP contribution in [-0.2, 0) is 26.6 Å². The van der Waals surface area contributed by atoms with Crippen LogP contribution in [0.25, 0.3) is 0 Å². The van der Waals surface area contributed by atoms with Crippen molar-refractivity contribution in [2.75, 3.05) is 26.3 Å². The normalized spacial score (nSPS) is 24.1. The summed E-state index contributed by atoms with van der Waals surface area (Å²) >= 11 is 0. The molecule has 0 unspecified atom stereocenters. The van der Waals surface area contributed by atoms with Crippen LogP contribution < -0.4 is 5.32 Å². The van der Waals surface area contributed by atoms with E-state index >= 15 is 0 Å². The second-order valence-corrected chi connectivity index (χ2v) is 9.70. The first kappa shape index (κ1) is 20.9. The molecule has 1 N–H and O–H groups in total. The van der Waals surface area contributed by atoms with Gasteiger partial charge in [-0.05, 0) is 26.2 Å². The Hall–Kier alpha value is -2.31. The number of amides is 1. The van der Waals surface area contributed by atoms with E-state index in [9.17, 15) is 13.2 Å². The molecule has 2 fully saturated rings. The van der Waals surface area contributed by atoms with Crippen LogP contribution in [0.5, 0.6) is 0 Å². The highest BCUT2D eigenvalue weighted by Gasteiger charge is 2.40. The van der Waals surface area contributed by atoms with Gasteiger partial charge in [-0.3, -0.25) is 4.79 Å². The maximum atomic E-state index is 13.1. The fourth-order valence-corrected chi connectivity index (χ4v) is 5.41. The van der Waals surface area contributed by atoms with Crippen molar-refractivity contribution in [2.24, 2.45) is 13.0 Å². The number of nitrogens with one attached hydrogen (secondary N) is 1. The molecule has 12 heteroatoms. The van der Waals surface area contributed by atoms with Crippen LogP contribution >= 0.6 is 0 Å². The average molecular weight is 439 g/mol. The van der Waals surface area contributed by atoms with Crippen molar-refractivity contribution < 1.29 is 22.5 Å². The molecule has 30 heavy (non-hydrogen) atoms. The summed E-state index contributed by atoms with van der Waals surface area (Å²) in [6.07, 6.45) is 4.67. The minimum absolute atomic E-state index is 0.00779. The molecule has 2 aliphatic heterocycles. The number of carbonyl (C=O) groups is 1. The van der Waals surface area contributed by atoms with Crippen LogP contribution in [0.3, 0.4) is 0 Å². The van der Waals surface area contributed by atoms with E-state index in [1.807, 2.05) is 0 Å². The molecule has 1 amide bonds. The molecule has 2 aromatic heterocycles. The second kappa shape index (κ2) is 8.44. The summed E-state index contributed by atoms with van der Waals surface area (Å²) < 4.78 is 39.7. The van der Waals surface area contributed by atoms with Gasteiger partial charge in [0.15, 0.2) is 10.9 Å². The Morgan fingerprint density at radius 2 is 2.03 bits per heavy atom. The minimum Gasteiger partial charge on any atom is -0.381 e. The van der Waals surface area contributed by atoms with Crippen molar-refractivity contribution in [3.05, 3.63) is 24.2 Å². The zero-order valence-corrected chi connectivity index (χ0v) is 17.8. The predicted octanol–water partition coefficient (Wildman–Crippen LogP) is 0.201. The molecule has 0 radical (unpaired) electrons. The molecule has 4 rings (SSSR count). The molecule has 4 heterocycles. The number of piperidine rings is 1. The maximum Gasteiger partial charge on any atom is 0.262 e. The molecule has 0 bridgehead atoms. The summed E-state index contributed by atoms with van der Waals surface area (Å²) in [5, 5.41) is 6.90. The number of aryl methyl sites for hydroxylation is 2. The van der Waals surface area contributed by atoms with Gasteiger partial charge in [-0.15, -0.1) is 0 Å². The summed E-state index contributed by atoms with van der Waals surface area (Å²) in [4.78, 5) is 21.2. The molecule has 2 aliphatic rings. The van der Waals surface area contributed by atoms with E-state index < -0.39 is 16.1 Å². The molecule has 11 nitrogen and oxygen atoms in total. The van der Waals surface area contributed by atoms with Crippen LogP contribution in [0.4, 0.5) is 0 Å². The van der Waals surface area contributed by atoms with Gasteiger partial charge in [-0.1, -0.05) is 5.16 Å². The summed E-state index contributed by atoms with van der Waals surface area (Å²) in [7, 11) is -2.06. The van der Waals surface area contributed by atoms with Gasteiger partial charge >= 0.3 is 0 Å². The Kier molecular flexibility index (Phi) is 5.89. The van der Waals surface area contributed by atoms with Crippen molar-refractivity contribution in [3.63, 3.8) is 0 Å². The lowest BCUT2D eigenvalue weighted by Crippen LogP contribution is -2.54. The third kappa shape index (κ3) is 4.25. The van der Waals surface area contributed by atoms with Gasteiger partial charge in [0.2, 0.25) is 11.8 Å². The van der Waals surface area contributed by atoms with Gasteiger partial charge in [0.1, 0.15) is 0 Å². The Morgan fingerprint density at radius 3 is 2.67 bits per heavy atom. The van der Waals surface area contributed by atoms with Crippen LogP contribution in [0.15, 0.2) is 22.1 Å². The van der Waals surface area contributed by atoms with Gasteiger partial charge in [-0.2, -0.15) is 9.29 Å². The summed E-state index contributed by atoms with van der Waals surface area (Å²) in [5.41, 5.74) is 0. The largest absolute Gasteiger partial charge is 0.381 e. The number of hydrogen-bond donors (Lipinski definition) is 1. The number of nitrogens with zero attached hydrogens (tertiary/aromatic N) is 5. The third-order valence-corrected chi connectivity index (χ3v) is 7.39. The fraction of sp³-hybridized carbons (Fsp3) is 0.667. The molecular formula is C18H26N6O5S. The molecule has 2 saturated heterocycles. The van der Waals surface area contributed by atoms with Gasteiger partial charge in [0, 0.05) is 45.5 Å². The zero-order valence-electron chi connectivity index (χ0n) is 17.0. The average Bonchev–Trinajstić information content (AvgIpc) is 3.37. The Labute approximate surface area is 174 Å². The van der Waals surface area contributed by atoms with Crippen LogP contribution in [0.2, 0.25) is 0 Å². The highest BCUT2D eigenvalue weighted by molar-refractivity contribution is 7.89. The van der Waals surface area contributed by atoms with E-state index in [0.29, 0.717) is 44.2 Å². The second-order valence-electron chi connectivity index (χ2n) is 7.82. The molecule has 2 atom stereocenters. The molecule has 0 spiro atoms. The number of carbonyl (C=O) groups excluding carboxylic acids is 1.